The molecular weight excluding hydrogens is 338 g/mol. The van der Waals surface area contributed by atoms with Gasteiger partial charge in [-0.3, -0.25) is 0 Å². The molecule has 4 heteroatoms. The fourth-order valence-electron chi connectivity index (χ4n) is 4.32. The Kier molecular flexibility index (Phi) is 5.53. The normalized spacial score (nSPS) is 18.3. The molecule has 1 aliphatic carbocycles. The third kappa shape index (κ3) is 4.06. The predicted octanol–water partition coefficient (Wildman–Crippen LogP) is 4.06. The van der Waals surface area contributed by atoms with Gasteiger partial charge in [0, 0.05) is 13.1 Å². The van der Waals surface area contributed by atoms with Crippen LogP contribution >= 0.6 is 0 Å². The lowest BCUT2D eigenvalue weighted by atomic mass is 9.82. The second-order valence-corrected chi connectivity index (χ2v) is 7.61. The molecule has 0 bridgehead atoms. The first-order valence-corrected chi connectivity index (χ1v) is 9.97. The Morgan fingerprint density at radius 1 is 1.11 bits per heavy atom. The fourth-order valence-corrected chi connectivity index (χ4v) is 4.32. The summed E-state index contributed by atoms with van der Waals surface area (Å²) >= 11 is 0. The van der Waals surface area contributed by atoms with Gasteiger partial charge in [-0.25, -0.2) is 0 Å². The van der Waals surface area contributed by atoms with Crippen LogP contribution in [0.1, 0.15) is 35.4 Å². The van der Waals surface area contributed by atoms with Gasteiger partial charge in [0.15, 0.2) is 11.5 Å². The van der Waals surface area contributed by atoms with Crippen molar-refractivity contribution in [1.29, 1.82) is 0 Å². The molecule has 1 atom stereocenters. The molecule has 0 spiro atoms. The van der Waals surface area contributed by atoms with Gasteiger partial charge in [0.1, 0.15) is 19.0 Å². The second-order valence-electron chi connectivity index (χ2n) is 7.61. The van der Waals surface area contributed by atoms with Crippen LogP contribution in [0.15, 0.2) is 36.4 Å². The zero-order chi connectivity index (χ0) is 18.6. The van der Waals surface area contributed by atoms with Crippen molar-refractivity contribution in [2.24, 2.45) is 0 Å². The summed E-state index contributed by atoms with van der Waals surface area (Å²) in [6.07, 6.45) is 4.66. The van der Waals surface area contributed by atoms with Crippen LogP contribution in [0.4, 0.5) is 0 Å². The van der Waals surface area contributed by atoms with Gasteiger partial charge in [0.2, 0.25) is 0 Å². The summed E-state index contributed by atoms with van der Waals surface area (Å²) in [6.45, 7) is 3.41. The summed E-state index contributed by atoms with van der Waals surface area (Å²) < 4.78 is 16.9. The Bertz CT molecular complexity index is 789. The van der Waals surface area contributed by atoms with Crippen LogP contribution in [0.3, 0.4) is 0 Å². The van der Waals surface area contributed by atoms with E-state index < -0.39 is 0 Å². The van der Waals surface area contributed by atoms with E-state index in [9.17, 15) is 0 Å². The van der Waals surface area contributed by atoms with Crippen molar-refractivity contribution >= 4 is 0 Å². The van der Waals surface area contributed by atoms with Gasteiger partial charge in [-0.15, -0.1) is 0 Å². The van der Waals surface area contributed by atoms with Gasteiger partial charge in [-0.2, -0.15) is 0 Å². The third-order valence-electron chi connectivity index (χ3n) is 5.73. The van der Waals surface area contributed by atoms with Crippen LogP contribution in [-0.4, -0.2) is 45.4 Å². The maximum Gasteiger partial charge on any atom is 0.161 e. The lowest BCUT2D eigenvalue weighted by Crippen LogP contribution is -2.28. The molecule has 1 heterocycles. The maximum atomic E-state index is 5.70. The van der Waals surface area contributed by atoms with Crippen LogP contribution in [-0.2, 0) is 12.8 Å². The number of rotatable bonds is 6. The maximum absolute atomic E-state index is 5.70. The molecule has 4 nitrogen and oxygen atoms in total. The standard InChI is InChI=1S/C23H29NO3/c1-24(12-11-17-9-10-22-23(15-17)27-14-13-26-22)16-18-5-3-7-20-19(18)6-4-8-21(20)25-2/h4,6,8-10,15,18H,3,5,7,11-14,16H2,1-2H3. The highest BCUT2D eigenvalue weighted by atomic mass is 16.6. The Hall–Kier alpha value is -2.20. The fraction of sp³-hybridized carbons (Fsp3) is 0.478. The number of hydrogen-bond acceptors (Lipinski definition) is 4. The molecule has 0 aromatic heterocycles. The van der Waals surface area contributed by atoms with Crippen molar-refractivity contribution in [2.75, 3.05) is 40.5 Å². The number of benzene rings is 2. The predicted molar refractivity (Wildman–Crippen MR) is 107 cm³/mol. The number of likely N-dealkylation sites (N-methyl/N-ethyl adjacent to an activating group) is 1. The van der Waals surface area contributed by atoms with E-state index in [0.717, 1.165) is 43.2 Å². The minimum absolute atomic E-state index is 0.592. The molecule has 2 aromatic carbocycles. The van der Waals surface area contributed by atoms with E-state index in [2.05, 4.69) is 42.3 Å². The Balaban J connectivity index is 1.37. The van der Waals surface area contributed by atoms with Gasteiger partial charge < -0.3 is 19.1 Å². The van der Waals surface area contributed by atoms with E-state index in [1.54, 1.807) is 7.11 Å². The number of nitrogens with zero attached hydrogens (tertiary/aromatic N) is 1. The molecule has 27 heavy (non-hydrogen) atoms. The van der Waals surface area contributed by atoms with Crippen molar-refractivity contribution in [3.05, 3.63) is 53.1 Å². The van der Waals surface area contributed by atoms with E-state index in [-0.39, 0.29) is 0 Å². The Morgan fingerprint density at radius 2 is 1.96 bits per heavy atom. The lowest BCUT2D eigenvalue weighted by Gasteiger charge is -2.30. The number of ether oxygens (including phenoxy) is 3. The molecule has 0 radical (unpaired) electrons. The lowest BCUT2D eigenvalue weighted by molar-refractivity contribution is 0.171. The van der Waals surface area contributed by atoms with Crippen LogP contribution in [0.2, 0.25) is 0 Å². The van der Waals surface area contributed by atoms with Gasteiger partial charge >= 0.3 is 0 Å². The molecule has 0 fully saturated rings. The van der Waals surface area contributed by atoms with Gasteiger partial charge in [0.05, 0.1) is 7.11 Å². The van der Waals surface area contributed by atoms with Crippen molar-refractivity contribution in [3.8, 4) is 17.2 Å². The first-order chi connectivity index (χ1) is 13.2. The summed E-state index contributed by atoms with van der Waals surface area (Å²) in [4.78, 5) is 2.45. The minimum atomic E-state index is 0.592. The van der Waals surface area contributed by atoms with Gasteiger partial charge in [-0.05, 0) is 73.5 Å². The van der Waals surface area contributed by atoms with E-state index in [0.29, 0.717) is 19.1 Å². The highest BCUT2D eigenvalue weighted by Crippen LogP contribution is 2.37. The van der Waals surface area contributed by atoms with Crippen molar-refractivity contribution in [3.63, 3.8) is 0 Å². The number of methoxy groups -OCH3 is 1. The summed E-state index contributed by atoms with van der Waals surface area (Å²) in [5, 5.41) is 0. The molecule has 2 aliphatic rings. The molecule has 0 amide bonds. The van der Waals surface area contributed by atoms with Crippen molar-refractivity contribution in [2.45, 2.75) is 31.6 Å². The molecule has 1 aliphatic heterocycles. The summed E-state index contributed by atoms with van der Waals surface area (Å²) in [7, 11) is 4.01. The second kappa shape index (κ2) is 8.22. The van der Waals surface area contributed by atoms with Crippen LogP contribution in [0.25, 0.3) is 0 Å². The highest BCUT2D eigenvalue weighted by Gasteiger charge is 2.23. The summed E-state index contributed by atoms with van der Waals surface area (Å²) in [6, 6.07) is 12.8. The van der Waals surface area contributed by atoms with Gasteiger partial charge in [0.25, 0.3) is 0 Å². The average molecular weight is 367 g/mol. The SMILES string of the molecule is COc1cccc2c1CCCC2CN(C)CCc1ccc2c(c1)OCCO2. The summed E-state index contributed by atoms with van der Waals surface area (Å²) in [5.41, 5.74) is 4.19. The molecule has 4 rings (SSSR count). The minimum Gasteiger partial charge on any atom is -0.496 e. The molecule has 0 N–H and O–H groups in total. The monoisotopic (exact) mass is 367 g/mol. The Labute approximate surface area is 162 Å². The number of fused-ring (bicyclic) bond motifs is 2. The van der Waals surface area contributed by atoms with Crippen molar-refractivity contribution in [1.82, 2.24) is 4.90 Å². The molecule has 0 saturated heterocycles. The van der Waals surface area contributed by atoms with E-state index in [1.165, 1.54) is 29.5 Å². The number of hydrogen-bond donors (Lipinski definition) is 0. The van der Waals surface area contributed by atoms with Crippen LogP contribution in [0, 0.1) is 0 Å². The summed E-state index contributed by atoms with van der Waals surface area (Å²) in [5.74, 6) is 3.39. The zero-order valence-electron chi connectivity index (χ0n) is 16.4. The van der Waals surface area contributed by atoms with Crippen molar-refractivity contribution < 1.29 is 14.2 Å². The molecule has 0 saturated carbocycles. The molecule has 1 unspecified atom stereocenters. The van der Waals surface area contributed by atoms with Crippen LogP contribution in [0.5, 0.6) is 17.2 Å². The van der Waals surface area contributed by atoms with Gasteiger partial charge in [-0.1, -0.05) is 18.2 Å². The molecule has 2 aromatic rings. The largest absolute Gasteiger partial charge is 0.496 e. The van der Waals surface area contributed by atoms with Crippen LogP contribution < -0.4 is 14.2 Å². The smallest absolute Gasteiger partial charge is 0.161 e. The average Bonchev–Trinajstić information content (AvgIpc) is 2.72. The topological polar surface area (TPSA) is 30.9 Å². The highest BCUT2D eigenvalue weighted by molar-refractivity contribution is 5.44. The Morgan fingerprint density at radius 3 is 2.81 bits per heavy atom. The van der Waals surface area contributed by atoms with E-state index in [4.69, 9.17) is 14.2 Å². The first kappa shape index (κ1) is 18.2. The quantitative estimate of drug-likeness (QED) is 0.770. The van der Waals surface area contributed by atoms with E-state index >= 15 is 0 Å². The third-order valence-corrected chi connectivity index (χ3v) is 5.73. The zero-order valence-corrected chi connectivity index (χ0v) is 16.4. The van der Waals surface area contributed by atoms with E-state index in [1.807, 2.05) is 6.07 Å². The molecular formula is C23H29NO3. The first-order valence-electron chi connectivity index (χ1n) is 9.97. The molecule has 144 valence electrons.